The largest absolute Gasteiger partial charge is 0.497 e. The molecule has 1 aliphatic heterocycles. The van der Waals surface area contributed by atoms with Crippen molar-refractivity contribution in [2.75, 3.05) is 19.0 Å². The third kappa shape index (κ3) is 3.76. The number of thiazole rings is 1. The summed E-state index contributed by atoms with van der Waals surface area (Å²) < 4.78 is 5.17. The van der Waals surface area contributed by atoms with E-state index in [2.05, 4.69) is 10.3 Å². The number of ether oxygens (including phenoxy) is 1. The maximum Gasteiger partial charge on any atom is 0.246 e. The predicted octanol–water partition coefficient (Wildman–Crippen LogP) is 3.24. The van der Waals surface area contributed by atoms with Gasteiger partial charge in [0.2, 0.25) is 17.7 Å². The minimum atomic E-state index is -0.402. The first-order chi connectivity index (χ1) is 14.0. The minimum Gasteiger partial charge on any atom is -0.497 e. The van der Waals surface area contributed by atoms with Crippen LogP contribution in [-0.4, -0.2) is 41.3 Å². The number of fused-ring (bicyclic) bond motifs is 1. The first-order valence-corrected chi connectivity index (χ1v) is 10.6. The van der Waals surface area contributed by atoms with Crippen molar-refractivity contribution >= 4 is 34.2 Å². The number of anilines is 1. The van der Waals surface area contributed by atoms with Gasteiger partial charge in [0.05, 0.1) is 24.6 Å². The lowest BCUT2D eigenvalue weighted by Crippen LogP contribution is -2.38. The smallest absolute Gasteiger partial charge is 0.246 e. The van der Waals surface area contributed by atoms with Crippen molar-refractivity contribution in [1.82, 2.24) is 9.88 Å². The average Bonchev–Trinajstić information content (AvgIpc) is 3.21. The number of aryl methyl sites for hydroxylation is 1. The Bertz CT molecular complexity index is 929. The highest BCUT2D eigenvalue weighted by Gasteiger charge is 2.48. The van der Waals surface area contributed by atoms with Gasteiger partial charge >= 0.3 is 0 Å². The summed E-state index contributed by atoms with van der Waals surface area (Å²) in [5, 5.41) is 3.20. The fourth-order valence-corrected chi connectivity index (χ4v) is 5.01. The van der Waals surface area contributed by atoms with Crippen molar-refractivity contribution in [3.8, 4) is 17.0 Å². The minimum absolute atomic E-state index is 0.205. The molecule has 7 nitrogen and oxygen atoms in total. The Kier molecular flexibility index (Phi) is 5.36. The molecule has 1 aliphatic carbocycles. The van der Waals surface area contributed by atoms with Crippen molar-refractivity contribution in [2.24, 2.45) is 11.8 Å². The molecule has 2 aromatic rings. The van der Waals surface area contributed by atoms with Gasteiger partial charge in [-0.25, -0.2) is 4.98 Å². The van der Waals surface area contributed by atoms with Crippen LogP contribution in [0.25, 0.3) is 11.3 Å². The second-order valence-electron chi connectivity index (χ2n) is 7.46. The van der Waals surface area contributed by atoms with E-state index in [0.29, 0.717) is 5.13 Å². The number of carbonyl (C=O) groups is 3. The van der Waals surface area contributed by atoms with Crippen LogP contribution in [0, 0.1) is 18.8 Å². The lowest BCUT2D eigenvalue weighted by Gasteiger charge is -2.19. The Hall–Kier alpha value is -2.74. The van der Waals surface area contributed by atoms with Crippen LogP contribution in [0.5, 0.6) is 5.75 Å². The Morgan fingerprint density at radius 1 is 1.17 bits per heavy atom. The fraction of sp³-hybridized carbons (Fsp3) is 0.429. The molecule has 0 spiro atoms. The summed E-state index contributed by atoms with van der Waals surface area (Å²) in [5.74, 6) is -0.537. The Morgan fingerprint density at radius 3 is 2.38 bits per heavy atom. The van der Waals surface area contributed by atoms with Gasteiger partial charge in [0.15, 0.2) is 5.13 Å². The fourth-order valence-electron chi connectivity index (χ4n) is 4.16. The number of hydrogen-bond acceptors (Lipinski definition) is 6. The van der Waals surface area contributed by atoms with Gasteiger partial charge in [-0.2, -0.15) is 0 Å². The molecule has 152 valence electrons. The number of hydrogen-bond donors (Lipinski definition) is 1. The van der Waals surface area contributed by atoms with Crippen LogP contribution in [0.4, 0.5) is 5.13 Å². The van der Waals surface area contributed by atoms with Gasteiger partial charge in [-0.1, -0.05) is 12.8 Å². The number of rotatable bonds is 5. The third-order valence-electron chi connectivity index (χ3n) is 5.64. The van der Waals surface area contributed by atoms with Crippen molar-refractivity contribution in [3.05, 3.63) is 29.1 Å². The second-order valence-corrected chi connectivity index (χ2v) is 8.66. The zero-order chi connectivity index (χ0) is 20.5. The highest BCUT2D eigenvalue weighted by atomic mass is 32.1. The zero-order valence-electron chi connectivity index (χ0n) is 16.4. The van der Waals surface area contributed by atoms with Crippen molar-refractivity contribution < 1.29 is 19.1 Å². The summed E-state index contributed by atoms with van der Waals surface area (Å²) >= 11 is 1.36. The van der Waals surface area contributed by atoms with Crippen molar-refractivity contribution in [3.63, 3.8) is 0 Å². The highest BCUT2D eigenvalue weighted by molar-refractivity contribution is 7.16. The topological polar surface area (TPSA) is 88.6 Å². The van der Waals surface area contributed by atoms with Crippen LogP contribution in [0.2, 0.25) is 0 Å². The van der Waals surface area contributed by atoms with E-state index in [1.807, 2.05) is 31.2 Å². The molecule has 2 atom stereocenters. The summed E-state index contributed by atoms with van der Waals surface area (Å²) in [6.07, 6.45) is 3.41. The highest BCUT2D eigenvalue weighted by Crippen LogP contribution is 2.38. The molecule has 4 rings (SSSR count). The van der Waals surface area contributed by atoms with Gasteiger partial charge in [-0.3, -0.25) is 19.3 Å². The van der Waals surface area contributed by atoms with Crippen LogP contribution in [0.1, 0.15) is 30.6 Å². The van der Waals surface area contributed by atoms with Gasteiger partial charge in [-0.05, 0) is 44.0 Å². The molecule has 1 saturated heterocycles. The number of amides is 3. The van der Waals surface area contributed by atoms with E-state index in [-0.39, 0.29) is 30.2 Å². The SMILES string of the molecule is COc1ccc(-c2nc(NC(=O)CN3C(=O)[C@@H]4CCCC[C@H]4C3=O)sc2C)cc1. The molecule has 2 heterocycles. The van der Waals surface area contributed by atoms with E-state index in [0.717, 1.165) is 52.5 Å². The number of methoxy groups -OCH3 is 1. The first kappa shape index (κ1) is 19.6. The molecule has 3 amide bonds. The zero-order valence-corrected chi connectivity index (χ0v) is 17.3. The predicted molar refractivity (Wildman–Crippen MR) is 110 cm³/mol. The van der Waals surface area contributed by atoms with Crippen LogP contribution in [0.3, 0.4) is 0 Å². The first-order valence-electron chi connectivity index (χ1n) is 9.75. The lowest BCUT2D eigenvalue weighted by atomic mass is 9.81. The second kappa shape index (κ2) is 7.94. The van der Waals surface area contributed by atoms with E-state index < -0.39 is 5.91 Å². The van der Waals surface area contributed by atoms with Gasteiger partial charge in [0.1, 0.15) is 12.3 Å². The molecule has 2 aliphatic rings. The molecule has 0 unspecified atom stereocenters. The maximum atomic E-state index is 12.5. The average molecular weight is 413 g/mol. The molecular formula is C21H23N3O4S. The van der Waals surface area contributed by atoms with Crippen molar-refractivity contribution in [1.29, 1.82) is 0 Å². The van der Waals surface area contributed by atoms with Crippen LogP contribution in [-0.2, 0) is 14.4 Å². The molecule has 29 heavy (non-hydrogen) atoms. The van der Waals surface area contributed by atoms with Crippen molar-refractivity contribution in [2.45, 2.75) is 32.6 Å². The van der Waals surface area contributed by atoms with E-state index >= 15 is 0 Å². The summed E-state index contributed by atoms with van der Waals surface area (Å²) in [6, 6.07) is 7.54. The number of aromatic nitrogens is 1. The monoisotopic (exact) mass is 413 g/mol. The van der Waals surface area contributed by atoms with Crippen LogP contribution >= 0.6 is 11.3 Å². The number of nitrogens with zero attached hydrogens (tertiary/aromatic N) is 2. The van der Waals surface area contributed by atoms with E-state index in [1.165, 1.54) is 11.3 Å². The van der Waals surface area contributed by atoms with Gasteiger partial charge in [0.25, 0.3) is 0 Å². The molecule has 1 saturated carbocycles. The number of likely N-dealkylation sites (tertiary alicyclic amines) is 1. The normalized spacial score (nSPS) is 21.2. The molecule has 2 fully saturated rings. The van der Waals surface area contributed by atoms with E-state index in [9.17, 15) is 14.4 Å². The summed E-state index contributed by atoms with van der Waals surface area (Å²) in [7, 11) is 1.61. The number of benzene rings is 1. The molecule has 0 bridgehead atoms. The third-order valence-corrected chi connectivity index (χ3v) is 6.53. The number of carbonyl (C=O) groups excluding carboxylic acids is 3. The van der Waals surface area contributed by atoms with Crippen LogP contribution in [0.15, 0.2) is 24.3 Å². The molecule has 8 heteroatoms. The van der Waals surface area contributed by atoms with Gasteiger partial charge in [-0.15, -0.1) is 11.3 Å². The Morgan fingerprint density at radius 2 is 1.79 bits per heavy atom. The molecule has 1 aromatic heterocycles. The lowest BCUT2D eigenvalue weighted by molar-refractivity contribution is -0.142. The number of imide groups is 1. The Labute approximate surface area is 173 Å². The molecule has 1 N–H and O–H groups in total. The maximum absolute atomic E-state index is 12.5. The summed E-state index contributed by atoms with van der Waals surface area (Å²) in [4.78, 5) is 44.2. The van der Waals surface area contributed by atoms with Crippen LogP contribution < -0.4 is 10.1 Å². The molecule has 1 aromatic carbocycles. The summed E-state index contributed by atoms with van der Waals surface area (Å²) in [6.45, 7) is 1.69. The standard InChI is InChI=1S/C21H23N3O4S/c1-12-18(13-7-9-14(28-2)10-8-13)23-21(29-12)22-17(25)11-24-19(26)15-5-3-4-6-16(15)20(24)27/h7-10,15-16H,3-6,11H2,1-2H3,(H,22,23,25)/t15-,16-/m1/s1. The quantitative estimate of drug-likeness (QED) is 0.760. The van der Waals surface area contributed by atoms with Gasteiger partial charge < -0.3 is 10.1 Å². The van der Waals surface area contributed by atoms with E-state index in [1.54, 1.807) is 7.11 Å². The number of nitrogens with one attached hydrogen (secondary N) is 1. The Balaban J connectivity index is 1.44. The van der Waals surface area contributed by atoms with Gasteiger partial charge in [0, 0.05) is 10.4 Å². The molecule has 0 radical (unpaired) electrons. The summed E-state index contributed by atoms with van der Waals surface area (Å²) in [5.41, 5.74) is 1.71. The van der Waals surface area contributed by atoms with E-state index in [4.69, 9.17) is 4.74 Å². The molecular weight excluding hydrogens is 390 g/mol.